The number of allylic oxidation sites excluding steroid dienone is 4. The van der Waals surface area contributed by atoms with Crippen LogP contribution >= 0.6 is 0 Å². The van der Waals surface area contributed by atoms with Crippen LogP contribution < -0.4 is 5.73 Å². The van der Waals surface area contributed by atoms with E-state index in [-0.39, 0.29) is 5.97 Å². The number of esters is 1. The molecule has 0 atom stereocenters. The Morgan fingerprint density at radius 2 is 2.14 bits per heavy atom. The van der Waals surface area contributed by atoms with Crippen molar-refractivity contribution in [2.24, 2.45) is 0 Å². The van der Waals surface area contributed by atoms with Crippen LogP contribution in [0.15, 0.2) is 48.6 Å². The van der Waals surface area contributed by atoms with Gasteiger partial charge in [0.1, 0.15) is 5.69 Å². The molecule has 0 aliphatic carbocycles. The molecule has 2 rings (SSSR count). The molecule has 1 aromatic heterocycles. The molecule has 4 heteroatoms. The Kier molecular flexibility index (Phi) is 4.82. The fourth-order valence-corrected chi connectivity index (χ4v) is 2.22. The standard InChI is InChI=1S/C17H20N2O2/c1-3-5-6-7-10-19-15-9-8-14(18)11-13(15)12-16(19)17(20)21-4-2/h3,5-9,11-12H,4,10,18H2,1-2H3/b5-3-,7-6-. The number of carbonyl (C=O) groups excluding carboxylic acids is 1. The molecule has 4 nitrogen and oxygen atoms in total. The summed E-state index contributed by atoms with van der Waals surface area (Å²) in [4.78, 5) is 12.1. The Hall–Kier alpha value is -2.49. The van der Waals surface area contributed by atoms with E-state index in [1.807, 2.05) is 60.1 Å². The summed E-state index contributed by atoms with van der Waals surface area (Å²) in [5, 5.41) is 0.942. The first kappa shape index (κ1) is 14.9. The fraction of sp³-hybridized carbons (Fsp3) is 0.235. The minimum absolute atomic E-state index is 0.313. The lowest BCUT2D eigenvalue weighted by atomic mass is 10.2. The third kappa shape index (κ3) is 3.34. The Labute approximate surface area is 124 Å². The van der Waals surface area contributed by atoms with Crippen LogP contribution in [0.1, 0.15) is 24.3 Å². The first-order valence-electron chi connectivity index (χ1n) is 7.01. The number of fused-ring (bicyclic) bond motifs is 1. The quantitative estimate of drug-likeness (QED) is 0.519. The molecular formula is C17H20N2O2. The number of nitrogen functional groups attached to an aromatic ring is 1. The number of ether oxygens (including phenoxy) is 1. The van der Waals surface area contributed by atoms with Gasteiger partial charge >= 0.3 is 5.97 Å². The van der Waals surface area contributed by atoms with Crippen LogP contribution in [-0.2, 0) is 11.3 Å². The average Bonchev–Trinajstić information content (AvgIpc) is 2.82. The van der Waals surface area contributed by atoms with Crippen molar-refractivity contribution in [3.63, 3.8) is 0 Å². The summed E-state index contributed by atoms with van der Waals surface area (Å²) in [7, 11) is 0. The van der Waals surface area contributed by atoms with Crippen molar-refractivity contribution in [2.45, 2.75) is 20.4 Å². The van der Waals surface area contributed by atoms with Crippen molar-refractivity contribution in [2.75, 3.05) is 12.3 Å². The number of rotatable bonds is 5. The zero-order valence-electron chi connectivity index (χ0n) is 12.4. The zero-order chi connectivity index (χ0) is 15.2. The Morgan fingerprint density at radius 1 is 1.33 bits per heavy atom. The minimum atomic E-state index is -0.313. The maximum Gasteiger partial charge on any atom is 0.354 e. The molecule has 110 valence electrons. The number of aromatic nitrogens is 1. The number of hydrogen-bond donors (Lipinski definition) is 1. The summed E-state index contributed by atoms with van der Waals surface area (Å²) in [5.41, 5.74) is 8.00. The predicted octanol–water partition coefficient (Wildman–Crippen LogP) is 3.53. The number of benzene rings is 1. The Morgan fingerprint density at radius 3 is 2.86 bits per heavy atom. The molecule has 0 bridgehead atoms. The summed E-state index contributed by atoms with van der Waals surface area (Å²) >= 11 is 0. The van der Waals surface area contributed by atoms with Gasteiger partial charge in [-0.2, -0.15) is 0 Å². The number of anilines is 1. The van der Waals surface area contributed by atoms with E-state index < -0.39 is 0 Å². The molecular weight excluding hydrogens is 264 g/mol. The summed E-state index contributed by atoms with van der Waals surface area (Å²) in [6, 6.07) is 7.46. The van der Waals surface area contributed by atoms with Crippen molar-refractivity contribution in [1.82, 2.24) is 4.57 Å². The molecule has 0 fully saturated rings. The summed E-state index contributed by atoms with van der Waals surface area (Å²) in [6.07, 6.45) is 7.86. The van der Waals surface area contributed by atoms with Gasteiger partial charge in [-0.25, -0.2) is 4.79 Å². The highest BCUT2D eigenvalue weighted by atomic mass is 16.5. The number of nitrogens with two attached hydrogens (primary N) is 1. The molecule has 2 aromatic rings. The van der Waals surface area contributed by atoms with Gasteiger partial charge in [0.15, 0.2) is 0 Å². The summed E-state index contributed by atoms with van der Waals surface area (Å²) < 4.78 is 7.06. The van der Waals surface area contributed by atoms with E-state index in [1.54, 1.807) is 6.92 Å². The van der Waals surface area contributed by atoms with E-state index in [1.165, 1.54) is 0 Å². The highest BCUT2D eigenvalue weighted by Gasteiger charge is 2.15. The van der Waals surface area contributed by atoms with E-state index in [9.17, 15) is 4.79 Å². The Bertz CT molecular complexity index is 696. The molecule has 0 aliphatic heterocycles. The number of hydrogen-bond acceptors (Lipinski definition) is 3. The second kappa shape index (κ2) is 6.79. The molecule has 2 N–H and O–H groups in total. The van der Waals surface area contributed by atoms with Crippen LogP contribution in [0.5, 0.6) is 0 Å². The van der Waals surface area contributed by atoms with Gasteiger partial charge in [0, 0.05) is 23.1 Å². The smallest absolute Gasteiger partial charge is 0.354 e. The molecule has 21 heavy (non-hydrogen) atoms. The van der Waals surface area contributed by atoms with Crippen LogP contribution in [0.3, 0.4) is 0 Å². The van der Waals surface area contributed by atoms with Crippen molar-refractivity contribution >= 4 is 22.6 Å². The van der Waals surface area contributed by atoms with Gasteiger partial charge in [-0.15, -0.1) is 0 Å². The second-order valence-electron chi connectivity index (χ2n) is 4.63. The van der Waals surface area contributed by atoms with Crippen LogP contribution in [0, 0.1) is 0 Å². The molecule has 0 saturated heterocycles. The van der Waals surface area contributed by atoms with E-state index in [2.05, 4.69) is 0 Å². The zero-order valence-corrected chi connectivity index (χ0v) is 12.4. The van der Waals surface area contributed by atoms with Crippen LogP contribution in [0.2, 0.25) is 0 Å². The van der Waals surface area contributed by atoms with Crippen molar-refractivity contribution in [3.8, 4) is 0 Å². The number of nitrogens with zero attached hydrogens (tertiary/aromatic N) is 1. The van der Waals surface area contributed by atoms with E-state index >= 15 is 0 Å². The lowest BCUT2D eigenvalue weighted by Gasteiger charge is -2.07. The largest absolute Gasteiger partial charge is 0.461 e. The summed E-state index contributed by atoms with van der Waals surface area (Å²) in [5.74, 6) is -0.313. The lowest BCUT2D eigenvalue weighted by molar-refractivity contribution is 0.0515. The van der Waals surface area contributed by atoms with Gasteiger partial charge < -0.3 is 15.0 Å². The van der Waals surface area contributed by atoms with Gasteiger partial charge in [0.05, 0.1) is 6.61 Å². The molecule has 1 heterocycles. The maximum atomic E-state index is 12.1. The maximum absolute atomic E-state index is 12.1. The van der Waals surface area contributed by atoms with Crippen LogP contribution in [-0.4, -0.2) is 17.1 Å². The second-order valence-corrected chi connectivity index (χ2v) is 4.63. The topological polar surface area (TPSA) is 57.2 Å². The fourth-order valence-electron chi connectivity index (χ4n) is 2.22. The molecule has 1 aromatic carbocycles. The lowest BCUT2D eigenvalue weighted by Crippen LogP contribution is -2.11. The first-order chi connectivity index (χ1) is 10.2. The normalized spacial score (nSPS) is 11.7. The summed E-state index contributed by atoms with van der Waals surface area (Å²) in [6.45, 7) is 4.72. The van der Waals surface area contributed by atoms with Gasteiger partial charge in [-0.1, -0.05) is 24.3 Å². The van der Waals surface area contributed by atoms with E-state index in [0.717, 1.165) is 10.9 Å². The van der Waals surface area contributed by atoms with E-state index in [4.69, 9.17) is 10.5 Å². The third-order valence-electron chi connectivity index (χ3n) is 3.14. The highest BCUT2D eigenvalue weighted by Crippen LogP contribution is 2.23. The first-order valence-corrected chi connectivity index (χ1v) is 7.01. The van der Waals surface area contributed by atoms with Gasteiger partial charge in [-0.3, -0.25) is 0 Å². The van der Waals surface area contributed by atoms with Gasteiger partial charge in [0.25, 0.3) is 0 Å². The molecule has 0 radical (unpaired) electrons. The van der Waals surface area contributed by atoms with Crippen LogP contribution in [0.4, 0.5) is 5.69 Å². The molecule has 0 aliphatic rings. The molecule has 0 amide bonds. The SMILES string of the molecule is C/C=C\C=C/Cn1c(C(=O)OCC)cc2cc(N)ccc21. The Balaban J connectivity index is 2.46. The van der Waals surface area contributed by atoms with Crippen molar-refractivity contribution in [1.29, 1.82) is 0 Å². The predicted molar refractivity (Wildman–Crippen MR) is 86.3 cm³/mol. The molecule has 0 spiro atoms. The van der Waals surface area contributed by atoms with Crippen LogP contribution in [0.25, 0.3) is 10.9 Å². The van der Waals surface area contributed by atoms with Gasteiger partial charge in [-0.05, 0) is 38.1 Å². The highest BCUT2D eigenvalue weighted by molar-refractivity contribution is 5.96. The van der Waals surface area contributed by atoms with E-state index in [0.29, 0.717) is 24.5 Å². The molecule has 0 saturated carbocycles. The number of carbonyl (C=O) groups is 1. The van der Waals surface area contributed by atoms with Gasteiger partial charge in [0.2, 0.25) is 0 Å². The average molecular weight is 284 g/mol. The molecule has 0 unspecified atom stereocenters. The third-order valence-corrected chi connectivity index (χ3v) is 3.14. The minimum Gasteiger partial charge on any atom is -0.461 e. The van der Waals surface area contributed by atoms with Crippen molar-refractivity contribution < 1.29 is 9.53 Å². The monoisotopic (exact) mass is 284 g/mol. The van der Waals surface area contributed by atoms with Crippen molar-refractivity contribution in [3.05, 3.63) is 54.3 Å².